The summed E-state index contributed by atoms with van der Waals surface area (Å²) in [4.78, 5) is 12.2. The predicted molar refractivity (Wildman–Crippen MR) is 105 cm³/mol. The van der Waals surface area contributed by atoms with Gasteiger partial charge in [-0.15, -0.1) is 0 Å². The predicted octanol–water partition coefficient (Wildman–Crippen LogP) is 2.98. The molecule has 1 saturated carbocycles. The highest BCUT2D eigenvalue weighted by atomic mass is 35.5. The van der Waals surface area contributed by atoms with E-state index in [1.165, 1.54) is 37.4 Å². The maximum absolute atomic E-state index is 13.7. The summed E-state index contributed by atoms with van der Waals surface area (Å²) >= 11 is 5.80. The smallest absolute Gasteiger partial charge is 0.243 e. The number of sulfonamides is 1. The molecule has 0 aromatic heterocycles. The van der Waals surface area contributed by atoms with Crippen LogP contribution in [0.15, 0.2) is 41.3 Å². The number of benzene rings is 2. The van der Waals surface area contributed by atoms with Crippen LogP contribution in [-0.2, 0) is 14.8 Å². The van der Waals surface area contributed by atoms with E-state index in [1.54, 1.807) is 0 Å². The average Bonchev–Trinajstić information content (AvgIpc) is 3.46. The van der Waals surface area contributed by atoms with Gasteiger partial charge in [0.1, 0.15) is 11.6 Å². The summed E-state index contributed by atoms with van der Waals surface area (Å²) < 4.78 is 46.3. The van der Waals surface area contributed by atoms with Crippen molar-refractivity contribution in [2.75, 3.05) is 24.3 Å². The number of rotatable bonds is 8. The molecule has 0 spiro atoms. The fourth-order valence-electron chi connectivity index (χ4n) is 2.44. The Morgan fingerprint density at radius 1 is 1.21 bits per heavy atom. The van der Waals surface area contributed by atoms with Gasteiger partial charge in [0.25, 0.3) is 0 Å². The molecule has 1 aliphatic carbocycles. The average molecular weight is 428 g/mol. The van der Waals surface area contributed by atoms with E-state index in [4.69, 9.17) is 16.3 Å². The van der Waals surface area contributed by atoms with Crippen LogP contribution in [0.5, 0.6) is 5.75 Å². The number of amides is 1. The van der Waals surface area contributed by atoms with E-state index in [-0.39, 0.29) is 28.2 Å². The van der Waals surface area contributed by atoms with E-state index in [2.05, 4.69) is 15.4 Å². The molecule has 0 atom stereocenters. The molecule has 3 N–H and O–H groups in total. The summed E-state index contributed by atoms with van der Waals surface area (Å²) in [6.45, 7) is -0.234. The molecule has 150 valence electrons. The number of hydrogen-bond acceptors (Lipinski definition) is 5. The Morgan fingerprint density at radius 2 is 1.96 bits per heavy atom. The SMILES string of the molecule is COc1ccc(S(=O)(=O)NC2CC2)cc1NCC(=O)Nc1cc(Cl)ccc1F. The van der Waals surface area contributed by atoms with Crippen molar-refractivity contribution >= 4 is 38.9 Å². The number of anilines is 2. The van der Waals surface area contributed by atoms with Crippen molar-refractivity contribution in [2.24, 2.45) is 0 Å². The molecular weight excluding hydrogens is 409 g/mol. The van der Waals surface area contributed by atoms with E-state index in [0.29, 0.717) is 11.4 Å². The molecule has 2 aromatic carbocycles. The second kappa shape index (κ2) is 8.34. The number of methoxy groups -OCH3 is 1. The van der Waals surface area contributed by atoms with Crippen LogP contribution >= 0.6 is 11.6 Å². The highest BCUT2D eigenvalue weighted by Gasteiger charge is 2.28. The van der Waals surface area contributed by atoms with Gasteiger partial charge >= 0.3 is 0 Å². The molecule has 1 fully saturated rings. The van der Waals surface area contributed by atoms with Crippen LogP contribution in [0.2, 0.25) is 5.02 Å². The number of carbonyl (C=O) groups excluding carboxylic acids is 1. The van der Waals surface area contributed by atoms with Crippen molar-refractivity contribution < 1.29 is 22.3 Å². The summed E-state index contributed by atoms with van der Waals surface area (Å²) in [7, 11) is -2.22. The van der Waals surface area contributed by atoms with E-state index in [9.17, 15) is 17.6 Å². The molecule has 3 rings (SSSR count). The van der Waals surface area contributed by atoms with Crippen molar-refractivity contribution in [3.63, 3.8) is 0 Å². The van der Waals surface area contributed by atoms with Crippen molar-refractivity contribution in [1.29, 1.82) is 0 Å². The minimum absolute atomic E-state index is 0.0260. The fraction of sp³-hybridized carbons (Fsp3) is 0.278. The van der Waals surface area contributed by atoms with Gasteiger partial charge in [0, 0.05) is 11.1 Å². The highest BCUT2D eigenvalue weighted by molar-refractivity contribution is 7.89. The largest absolute Gasteiger partial charge is 0.495 e. The summed E-state index contributed by atoms with van der Waals surface area (Å²) in [5.74, 6) is -0.783. The third-order valence-electron chi connectivity index (χ3n) is 4.02. The van der Waals surface area contributed by atoms with Gasteiger partial charge in [-0.05, 0) is 49.2 Å². The first kappa shape index (κ1) is 20.4. The first-order valence-corrected chi connectivity index (χ1v) is 10.3. The second-order valence-corrected chi connectivity index (χ2v) is 8.43. The summed E-state index contributed by atoms with van der Waals surface area (Å²) in [6, 6.07) is 8.10. The maximum Gasteiger partial charge on any atom is 0.243 e. The van der Waals surface area contributed by atoms with Crippen LogP contribution in [-0.4, -0.2) is 34.0 Å². The Hall–Kier alpha value is -2.36. The van der Waals surface area contributed by atoms with Gasteiger partial charge in [0.05, 0.1) is 29.9 Å². The van der Waals surface area contributed by atoms with Crippen molar-refractivity contribution in [1.82, 2.24) is 4.72 Å². The van der Waals surface area contributed by atoms with E-state index in [0.717, 1.165) is 18.9 Å². The van der Waals surface area contributed by atoms with E-state index in [1.807, 2.05) is 0 Å². The Bertz CT molecular complexity index is 996. The summed E-state index contributed by atoms with van der Waals surface area (Å²) in [5, 5.41) is 5.51. The molecule has 0 aliphatic heterocycles. The standard InChI is InChI=1S/C18H19ClFN3O4S/c1-27-17-7-5-13(28(25,26)23-12-3-4-12)9-16(17)21-10-18(24)22-15-8-11(19)2-6-14(15)20/h2,5-9,12,21,23H,3-4,10H2,1H3,(H,22,24). The van der Waals surface area contributed by atoms with Crippen molar-refractivity contribution in [3.05, 3.63) is 47.2 Å². The molecule has 0 bridgehead atoms. The minimum atomic E-state index is -3.65. The topological polar surface area (TPSA) is 96.5 Å². The third-order valence-corrected chi connectivity index (χ3v) is 5.78. The quantitative estimate of drug-likeness (QED) is 0.601. The van der Waals surface area contributed by atoms with Crippen molar-refractivity contribution in [3.8, 4) is 5.75 Å². The number of nitrogens with one attached hydrogen (secondary N) is 3. The molecule has 0 unspecified atom stereocenters. The summed E-state index contributed by atoms with van der Waals surface area (Å²) in [5.41, 5.74) is 0.277. The lowest BCUT2D eigenvalue weighted by molar-refractivity contribution is -0.114. The molecule has 7 nitrogen and oxygen atoms in total. The molecule has 2 aromatic rings. The van der Waals surface area contributed by atoms with E-state index >= 15 is 0 Å². The number of ether oxygens (including phenoxy) is 1. The number of carbonyl (C=O) groups is 1. The van der Waals surface area contributed by atoms with Gasteiger partial charge in [-0.25, -0.2) is 17.5 Å². The fourth-order valence-corrected chi connectivity index (χ4v) is 3.95. The maximum atomic E-state index is 13.7. The number of hydrogen-bond donors (Lipinski definition) is 3. The minimum Gasteiger partial charge on any atom is -0.495 e. The van der Waals surface area contributed by atoms with Crippen LogP contribution in [0.4, 0.5) is 15.8 Å². The van der Waals surface area contributed by atoms with Gasteiger partial charge in [-0.3, -0.25) is 4.79 Å². The molecule has 1 aliphatic rings. The van der Waals surface area contributed by atoms with Gasteiger partial charge in [-0.2, -0.15) is 0 Å². The monoisotopic (exact) mass is 427 g/mol. The lowest BCUT2D eigenvalue weighted by Gasteiger charge is -2.14. The van der Waals surface area contributed by atoms with Gasteiger partial charge in [0.15, 0.2) is 0 Å². The van der Waals surface area contributed by atoms with Crippen LogP contribution < -0.4 is 20.1 Å². The molecule has 10 heteroatoms. The molecule has 0 radical (unpaired) electrons. The zero-order chi connectivity index (χ0) is 20.3. The Morgan fingerprint density at radius 3 is 2.64 bits per heavy atom. The van der Waals surface area contributed by atoms with Crippen LogP contribution in [0, 0.1) is 5.82 Å². The Kier molecular flexibility index (Phi) is 6.07. The van der Waals surface area contributed by atoms with Crippen molar-refractivity contribution in [2.45, 2.75) is 23.8 Å². The molecular formula is C18H19ClFN3O4S. The lowest BCUT2D eigenvalue weighted by atomic mass is 10.3. The first-order valence-electron chi connectivity index (χ1n) is 8.47. The third kappa shape index (κ3) is 5.12. The number of halogens is 2. The van der Waals surface area contributed by atoms with Gasteiger partial charge < -0.3 is 15.4 Å². The molecule has 0 saturated heterocycles. The Balaban J connectivity index is 1.71. The second-order valence-electron chi connectivity index (χ2n) is 6.28. The normalized spacial score (nSPS) is 13.8. The molecule has 28 heavy (non-hydrogen) atoms. The molecule has 1 amide bonds. The van der Waals surface area contributed by atoms with E-state index < -0.39 is 21.7 Å². The van der Waals surface area contributed by atoms with Gasteiger partial charge in [0.2, 0.25) is 15.9 Å². The van der Waals surface area contributed by atoms with Crippen LogP contribution in [0.1, 0.15) is 12.8 Å². The zero-order valence-electron chi connectivity index (χ0n) is 15.0. The lowest BCUT2D eigenvalue weighted by Crippen LogP contribution is -2.26. The van der Waals surface area contributed by atoms with Crippen LogP contribution in [0.25, 0.3) is 0 Å². The first-order chi connectivity index (χ1) is 13.3. The zero-order valence-corrected chi connectivity index (χ0v) is 16.5. The summed E-state index contributed by atoms with van der Waals surface area (Å²) in [6.07, 6.45) is 1.64. The van der Waals surface area contributed by atoms with Gasteiger partial charge in [-0.1, -0.05) is 11.6 Å². The highest BCUT2D eigenvalue weighted by Crippen LogP contribution is 2.29. The van der Waals surface area contributed by atoms with Crippen LogP contribution in [0.3, 0.4) is 0 Å². The Labute approximate surface area is 167 Å². The molecule has 0 heterocycles.